The number of nitrogen functional groups attached to an aromatic ring is 2. The van der Waals surface area contributed by atoms with Crippen LogP contribution in [-0.4, -0.2) is 7.05 Å². The van der Waals surface area contributed by atoms with E-state index in [1.165, 1.54) is 0 Å². The fourth-order valence-corrected chi connectivity index (χ4v) is 1.58. The van der Waals surface area contributed by atoms with E-state index >= 15 is 0 Å². The third-order valence-electron chi connectivity index (χ3n) is 2.54. The molecule has 2 aromatic carbocycles. The Kier molecular flexibility index (Phi) is 2.68. The summed E-state index contributed by atoms with van der Waals surface area (Å²) in [5.41, 5.74) is 15.1. The Morgan fingerprint density at radius 3 is 2.12 bits per heavy atom. The van der Waals surface area contributed by atoms with Crippen LogP contribution in [0.25, 0.3) is 0 Å². The van der Waals surface area contributed by atoms with E-state index in [1.54, 1.807) is 0 Å². The first-order valence-corrected chi connectivity index (χ1v) is 5.11. The van der Waals surface area contributed by atoms with Crippen LogP contribution in [-0.2, 0) is 0 Å². The molecule has 3 nitrogen and oxygen atoms in total. The quantitative estimate of drug-likeness (QED) is 0.754. The zero-order valence-corrected chi connectivity index (χ0v) is 9.22. The molecule has 0 aliphatic heterocycles. The summed E-state index contributed by atoms with van der Waals surface area (Å²) < 4.78 is 0. The summed E-state index contributed by atoms with van der Waals surface area (Å²) >= 11 is 0. The lowest BCUT2D eigenvalue weighted by atomic mass is 10.2. The smallest absolute Gasteiger partial charge is 0.0428 e. The van der Waals surface area contributed by atoms with Gasteiger partial charge in [-0.2, -0.15) is 0 Å². The summed E-state index contributed by atoms with van der Waals surface area (Å²) in [5.74, 6) is 0. The molecule has 4 N–H and O–H groups in total. The molecule has 0 aromatic heterocycles. The minimum Gasteiger partial charge on any atom is -0.399 e. The first-order valence-electron chi connectivity index (χ1n) is 5.11. The maximum Gasteiger partial charge on any atom is 0.0428 e. The normalized spacial score (nSPS) is 10.1. The van der Waals surface area contributed by atoms with Gasteiger partial charge in [-0.15, -0.1) is 0 Å². The molecule has 3 heteroatoms. The Morgan fingerprint density at radius 2 is 1.50 bits per heavy atom. The van der Waals surface area contributed by atoms with Crippen LogP contribution in [0, 0.1) is 0 Å². The molecule has 16 heavy (non-hydrogen) atoms. The fourth-order valence-electron chi connectivity index (χ4n) is 1.58. The van der Waals surface area contributed by atoms with Gasteiger partial charge < -0.3 is 16.4 Å². The van der Waals surface area contributed by atoms with Crippen LogP contribution in [0.2, 0.25) is 0 Å². The van der Waals surface area contributed by atoms with Crippen molar-refractivity contribution in [2.45, 2.75) is 0 Å². The molecule has 0 saturated heterocycles. The van der Waals surface area contributed by atoms with Crippen molar-refractivity contribution < 1.29 is 0 Å². The van der Waals surface area contributed by atoms with Gasteiger partial charge in [0.15, 0.2) is 0 Å². The van der Waals surface area contributed by atoms with Gasteiger partial charge in [0.25, 0.3) is 0 Å². The Hall–Kier alpha value is -2.16. The largest absolute Gasteiger partial charge is 0.399 e. The van der Waals surface area contributed by atoms with Crippen LogP contribution < -0.4 is 16.4 Å². The summed E-state index contributed by atoms with van der Waals surface area (Å²) in [4.78, 5) is 2.07. The predicted molar refractivity (Wildman–Crippen MR) is 69.8 cm³/mol. The summed E-state index contributed by atoms with van der Waals surface area (Å²) in [6.07, 6.45) is 0. The number of hydrogen-bond donors (Lipinski definition) is 2. The average Bonchev–Trinajstić information content (AvgIpc) is 2.29. The molecule has 82 valence electrons. The van der Waals surface area contributed by atoms with E-state index in [1.807, 2.05) is 55.6 Å². The zero-order valence-electron chi connectivity index (χ0n) is 9.22. The van der Waals surface area contributed by atoms with Crippen LogP contribution in [0.5, 0.6) is 0 Å². The first-order chi connectivity index (χ1) is 7.66. The lowest BCUT2D eigenvalue weighted by molar-refractivity contribution is 1.21. The summed E-state index contributed by atoms with van der Waals surface area (Å²) in [6, 6.07) is 15.5. The summed E-state index contributed by atoms with van der Waals surface area (Å²) in [6.45, 7) is 0. The highest BCUT2D eigenvalue weighted by Gasteiger charge is 2.03. The number of anilines is 4. The van der Waals surface area contributed by atoms with E-state index in [9.17, 15) is 0 Å². The molecule has 2 rings (SSSR count). The van der Waals surface area contributed by atoms with Crippen LogP contribution >= 0.6 is 0 Å². The van der Waals surface area contributed by atoms with Gasteiger partial charge in [-0.25, -0.2) is 0 Å². The van der Waals surface area contributed by atoms with Gasteiger partial charge in [0.05, 0.1) is 0 Å². The molecule has 0 aliphatic carbocycles. The molecule has 0 fully saturated rings. The maximum atomic E-state index is 5.75. The second kappa shape index (κ2) is 4.14. The molecule has 2 aromatic rings. The molecule has 0 atom stereocenters. The van der Waals surface area contributed by atoms with Gasteiger partial charge in [-0.3, -0.25) is 0 Å². The molecular weight excluding hydrogens is 198 g/mol. The van der Waals surface area contributed by atoms with Crippen LogP contribution in [0.15, 0.2) is 48.5 Å². The zero-order chi connectivity index (χ0) is 11.5. The average molecular weight is 213 g/mol. The van der Waals surface area contributed by atoms with Crippen molar-refractivity contribution in [2.75, 3.05) is 23.4 Å². The molecule has 0 bridgehead atoms. The highest BCUT2D eigenvalue weighted by molar-refractivity contribution is 5.66. The van der Waals surface area contributed by atoms with Gasteiger partial charge in [0.1, 0.15) is 0 Å². The van der Waals surface area contributed by atoms with Crippen molar-refractivity contribution >= 4 is 22.7 Å². The van der Waals surface area contributed by atoms with Crippen LogP contribution in [0.1, 0.15) is 0 Å². The Bertz CT molecular complexity index is 477. The molecule has 0 heterocycles. The van der Waals surface area contributed by atoms with Crippen molar-refractivity contribution in [1.82, 2.24) is 0 Å². The van der Waals surface area contributed by atoms with E-state index in [-0.39, 0.29) is 0 Å². The number of hydrogen-bond acceptors (Lipinski definition) is 3. The van der Waals surface area contributed by atoms with E-state index < -0.39 is 0 Å². The highest BCUT2D eigenvalue weighted by Crippen LogP contribution is 2.25. The lowest BCUT2D eigenvalue weighted by Crippen LogP contribution is -2.09. The molecule has 0 radical (unpaired) electrons. The van der Waals surface area contributed by atoms with Gasteiger partial charge in [-0.05, 0) is 42.5 Å². The fraction of sp³-hybridized carbons (Fsp3) is 0.0769. The number of nitrogens with two attached hydrogens (primary N) is 2. The third kappa shape index (κ3) is 2.08. The second-order valence-electron chi connectivity index (χ2n) is 3.75. The predicted octanol–water partition coefficient (Wildman–Crippen LogP) is 2.62. The second-order valence-corrected chi connectivity index (χ2v) is 3.75. The third-order valence-corrected chi connectivity index (χ3v) is 2.54. The minimum atomic E-state index is 0.764. The molecular formula is C13H15N3. The van der Waals surface area contributed by atoms with Crippen molar-refractivity contribution in [2.24, 2.45) is 0 Å². The van der Waals surface area contributed by atoms with E-state index in [0.717, 1.165) is 22.7 Å². The maximum absolute atomic E-state index is 5.75. The lowest BCUT2D eigenvalue weighted by Gasteiger charge is -2.19. The molecule has 0 aliphatic rings. The standard InChI is InChI=1S/C13H15N3/c1-16(12-7-5-10(14)6-8-12)13-4-2-3-11(15)9-13/h2-9H,14-15H2,1H3. The SMILES string of the molecule is CN(c1ccc(N)cc1)c1cccc(N)c1. The topological polar surface area (TPSA) is 55.3 Å². The minimum absolute atomic E-state index is 0.764. The van der Waals surface area contributed by atoms with E-state index in [0.29, 0.717) is 0 Å². The first kappa shape index (κ1) is 10.4. The van der Waals surface area contributed by atoms with Crippen molar-refractivity contribution in [3.05, 3.63) is 48.5 Å². The van der Waals surface area contributed by atoms with Gasteiger partial charge in [-0.1, -0.05) is 6.07 Å². The van der Waals surface area contributed by atoms with Gasteiger partial charge in [0.2, 0.25) is 0 Å². The van der Waals surface area contributed by atoms with Crippen molar-refractivity contribution in [1.29, 1.82) is 0 Å². The number of benzene rings is 2. The Balaban J connectivity index is 2.31. The molecule has 0 amide bonds. The number of nitrogens with zero attached hydrogens (tertiary/aromatic N) is 1. The summed E-state index contributed by atoms with van der Waals surface area (Å²) in [7, 11) is 2.00. The molecule has 0 spiro atoms. The van der Waals surface area contributed by atoms with Gasteiger partial charge >= 0.3 is 0 Å². The van der Waals surface area contributed by atoms with E-state index in [2.05, 4.69) is 4.90 Å². The van der Waals surface area contributed by atoms with Gasteiger partial charge in [0, 0.05) is 29.8 Å². The van der Waals surface area contributed by atoms with Crippen LogP contribution in [0.4, 0.5) is 22.7 Å². The Labute approximate surface area is 95.3 Å². The van der Waals surface area contributed by atoms with Crippen molar-refractivity contribution in [3.63, 3.8) is 0 Å². The van der Waals surface area contributed by atoms with E-state index in [4.69, 9.17) is 11.5 Å². The monoisotopic (exact) mass is 213 g/mol. The van der Waals surface area contributed by atoms with Crippen molar-refractivity contribution in [3.8, 4) is 0 Å². The number of rotatable bonds is 2. The molecule has 0 unspecified atom stereocenters. The summed E-state index contributed by atoms with van der Waals surface area (Å²) in [5, 5.41) is 0. The Morgan fingerprint density at radius 1 is 0.812 bits per heavy atom. The molecule has 0 saturated carbocycles. The van der Waals surface area contributed by atoms with Crippen LogP contribution in [0.3, 0.4) is 0 Å². The highest BCUT2D eigenvalue weighted by atomic mass is 15.1.